The molecule has 6 nitrogen and oxygen atoms in total. The van der Waals surface area contributed by atoms with Crippen LogP contribution < -0.4 is 15.8 Å². The molecule has 0 fully saturated rings. The third kappa shape index (κ3) is 3.34. The molecule has 0 aliphatic carbocycles. The van der Waals surface area contributed by atoms with Gasteiger partial charge in [0, 0.05) is 0 Å². The van der Waals surface area contributed by atoms with Gasteiger partial charge in [0.15, 0.2) is 17.7 Å². The molecule has 1 aromatic heterocycles. The summed E-state index contributed by atoms with van der Waals surface area (Å²) in [6, 6.07) is 0. The maximum atomic E-state index is 12.0. The van der Waals surface area contributed by atoms with Gasteiger partial charge < -0.3 is 20.9 Å². The Morgan fingerprint density at radius 3 is 2.71 bits per heavy atom. The Hall–Kier alpha value is -1.77. The van der Waals surface area contributed by atoms with Gasteiger partial charge in [-0.3, -0.25) is 0 Å². The van der Waals surface area contributed by atoms with Crippen LogP contribution in [0.4, 0.5) is 24.8 Å². The number of aliphatic hydroxyl groups is 1. The molecule has 0 aliphatic rings. The van der Waals surface area contributed by atoms with Crippen molar-refractivity contribution in [1.29, 1.82) is 0 Å². The smallest absolute Gasteiger partial charge is 0.416 e. The highest BCUT2D eigenvalue weighted by Gasteiger charge is 2.38. The monoisotopic (exact) mass is 252 g/mol. The van der Waals surface area contributed by atoms with Crippen LogP contribution in [0.25, 0.3) is 0 Å². The summed E-state index contributed by atoms with van der Waals surface area (Å²) in [5.41, 5.74) is 5.42. The highest BCUT2D eigenvalue weighted by atomic mass is 19.4. The quantitative estimate of drug-likeness (QED) is 0.718. The van der Waals surface area contributed by atoms with Crippen molar-refractivity contribution in [2.75, 3.05) is 24.7 Å². The molecule has 1 unspecified atom stereocenters. The van der Waals surface area contributed by atoms with Crippen molar-refractivity contribution in [1.82, 2.24) is 9.97 Å². The standard InChI is InChI=1S/C8H11F3N4O2/c1-17-5-6(12)14-3-15-7(5)13-2-4(16)8(9,10)11/h3-4,16H,2H2,1H3,(H3,12,13,14,15). The minimum atomic E-state index is -4.70. The molecular weight excluding hydrogens is 241 g/mol. The molecule has 0 bridgehead atoms. The second kappa shape index (κ2) is 5.04. The molecule has 96 valence electrons. The molecule has 0 radical (unpaired) electrons. The summed E-state index contributed by atoms with van der Waals surface area (Å²) in [5, 5.41) is 11.1. The molecule has 0 saturated carbocycles. The topological polar surface area (TPSA) is 93.3 Å². The van der Waals surface area contributed by atoms with E-state index in [1.165, 1.54) is 7.11 Å². The Kier molecular flexibility index (Phi) is 3.94. The maximum absolute atomic E-state index is 12.0. The van der Waals surface area contributed by atoms with Crippen molar-refractivity contribution < 1.29 is 23.0 Å². The summed E-state index contributed by atoms with van der Waals surface area (Å²) in [7, 11) is 1.28. The van der Waals surface area contributed by atoms with E-state index in [0.717, 1.165) is 6.33 Å². The minimum Gasteiger partial charge on any atom is -0.490 e. The first kappa shape index (κ1) is 13.3. The molecule has 1 atom stereocenters. The molecule has 1 aromatic rings. The van der Waals surface area contributed by atoms with Crippen LogP contribution >= 0.6 is 0 Å². The number of halogens is 3. The number of aliphatic hydroxyl groups excluding tert-OH is 1. The Balaban J connectivity index is 2.73. The van der Waals surface area contributed by atoms with Crippen LogP contribution in [0.1, 0.15) is 0 Å². The SMILES string of the molecule is COc1c(N)ncnc1NCC(O)C(F)(F)F. The van der Waals surface area contributed by atoms with Crippen molar-refractivity contribution in [2.45, 2.75) is 12.3 Å². The zero-order valence-electron chi connectivity index (χ0n) is 8.82. The number of nitrogen functional groups attached to an aromatic ring is 1. The number of nitrogens with zero attached hydrogens (tertiary/aromatic N) is 2. The van der Waals surface area contributed by atoms with Crippen LogP contribution in [-0.2, 0) is 0 Å². The Labute approximate surface area is 94.6 Å². The number of nitrogens with one attached hydrogen (secondary N) is 1. The fourth-order valence-corrected chi connectivity index (χ4v) is 1.02. The van der Waals surface area contributed by atoms with Gasteiger partial charge in [0.05, 0.1) is 13.7 Å². The summed E-state index contributed by atoms with van der Waals surface area (Å²) in [4.78, 5) is 7.26. The van der Waals surface area contributed by atoms with E-state index in [0.29, 0.717) is 0 Å². The first-order valence-electron chi connectivity index (χ1n) is 4.49. The van der Waals surface area contributed by atoms with Gasteiger partial charge in [0.2, 0.25) is 5.75 Å². The van der Waals surface area contributed by atoms with Gasteiger partial charge in [-0.15, -0.1) is 0 Å². The molecule has 0 aromatic carbocycles. The lowest BCUT2D eigenvalue weighted by atomic mass is 10.3. The van der Waals surface area contributed by atoms with E-state index >= 15 is 0 Å². The van der Waals surface area contributed by atoms with Gasteiger partial charge in [-0.25, -0.2) is 9.97 Å². The van der Waals surface area contributed by atoms with Crippen LogP contribution in [0, 0.1) is 0 Å². The van der Waals surface area contributed by atoms with Crippen molar-refractivity contribution in [2.24, 2.45) is 0 Å². The van der Waals surface area contributed by atoms with Crippen molar-refractivity contribution in [3.05, 3.63) is 6.33 Å². The van der Waals surface area contributed by atoms with Crippen LogP contribution in [0.3, 0.4) is 0 Å². The fraction of sp³-hybridized carbons (Fsp3) is 0.500. The molecule has 1 rings (SSSR count). The molecule has 1 heterocycles. The van der Waals surface area contributed by atoms with E-state index in [1.807, 2.05) is 0 Å². The predicted octanol–water partition coefficient (Wildman–Crippen LogP) is 0.402. The summed E-state index contributed by atoms with van der Waals surface area (Å²) >= 11 is 0. The first-order valence-corrected chi connectivity index (χ1v) is 4.49. The number of hydrogen-bond acceptors (Lipinski definition) is 6. The number of ether oxygens (including phenoxy) is 1. The van der Waals surface area contributed by atoms with E-state index in [9.17, 15) is 13.2 Å². The van der Waals surface area contributed by atoms with Crippen molar-refractivity contribution in [3.63, 3.8) is 0 Å². The number of methoxy groups -OCH3 is 1. The fourth-order valence-electron chi connectivity index (χ4n) is 1.02. The molecule has 0 saturated heterocycles. The van der Waals surface area contributed by atoms with Crippen LogP contribution in [0.5, 0.6) is 5.75 Å². The van der Waals surface area contributed by atoms with Gasteiger partial charge in [0.25, 0.3) is 0 Å². The predicted molar refractivity (Wildman–Crippen MR) is 53.5 cm³/mol. The zero-order chi connectivity index (χ0) is 13.1. The maximum Gasteiger partial charge on any atom is 0.416 e. The van der Waals surface area contributed by atoms with E-state index in [1.54, 1.807) is 0 Å². The Morgan fingerprint density at radius 2 is 2.18 bits per heavy atom. The minimum absolute atomic E-state index is 0.00787. The van der Waals surface area contributed by atoms with E-state index in [2.05, 4.69) is 15.3 Å². The molecule has 0 aliphatic heterocycles. The lowest BCUT2D eigenvalue weighted by molar-refractivity contribution is -0.198. The Bertz CT molecular complexity index is 386. The molecule has 9 heteroatoms. The van der Waals surface area contributed by atoms with E-state index in [-0.39, 0.29) is 17.4 Å². The van der Waals surface area contributed by atoms with Gasteiger partial charge >= 0.3 is 6.18 Å². The summed E-state index contributed by atoms with van der Waals surface area (Å²) in [5.74, 6) is 0.0108. The molecule has 17 heavy (non-hydrogen) atoms. The van der Waals surface area contributed by atoms with Gasteiger partial charge in [-0.2, -0.15) is 13.2 Å². The summed E-state index contributed by atoms with van der Waals surface area (Å²) in [6.07, 6.45) is -6.12. The number of alkyl halides is 3. The van der Waals surface area contributed by atoms with Crippen LogP contribution in [0.15, 0.2) is 6.33 Å². The number of rotatable bonds is 4. The summed E-state index contributed by atoms with van der Waals surface area (Å²) < 4.78 is 40.9. The average Bonchev–Trinajstić information content (AvgIpc) is 2.24. The van der Waals surface area contributed by atoms with Gasteiger partial charge in [-0.05, 0) is 0 Å². The van der Waals surface area contributed by atoms with Crippen LogP contribution in [0.2, 0.25) is 0 Å². The van der Waals surface area contributed by atoms with Gasteiger partial charge in [0.1, 0.15) is 6.33 Å². The second-order valence-corrected chi connectivity index (χ2v) is 3.08. The first-order chi connectivity index (χ1) is 7.86. The number of hydrogen-bond donors (Lipinski definition) is 3. The van der Waals surface area contributed by atoms with Gasteiger partial charge in [-0.1, -0.05) is 0 Å². The largest absolute Gasteiger partial charge is 0.490 e. The molecule has 4 N–H and O–H groups in total. The number of aromatic nitrogens is 2. The van der Waals surface area contributed by atoms with E-state index in [4.69, 9.17) is 15.6 Å². The zero-order valence-corrected chi connectivity index (χ0v) is 8.82. The van der Waals surface area contributed by atoms with Crippen molar-refractivity contribution in [3.8, 4) is 5.75 Å². The molecule has 0 spiro atoms. The number of nitrogens with two attached hydrogens (primary N) is 1. The number of anilines is 2. The lowest BCUT2D eigenvalue weighted by Crippen LogP contribution is -2.35. The normalized spacial score (nSPS) is 13.2. The second-order valence-electron chi connectivity index (χ2n) is 3.08. The highest BCUT2D eigenvalue weighted by molar-refractivity contribution is 5.61. The summed E-state index contributed by atoms with van der Waals surface area (Å²) in [6.45, 7) is -0.754. The third-order valence-corrected chi connectivity index (χ3v) is 1.88. The van der Waals surface area contributed by atoms with Crippen LogP contribution in [-0.4, -0.2) is 41.0 Å². The Morgan fingerprint density at radius 1 is 1.53 bits per heavy atom. The molecular formula is C8H11F3N4O2. The highest BCUT2D eigenvalue weighted by Crippen LogP contribution is 2.27. The molecule has 0 amide bonds. The van der Waals surface area contributed by atoms with E-state index < -0.39 is 18.8 Å². The van der Waals surface area contributed by atoms with Crippen molar-refractivity contribution >= 4 is 11.6 Å². The average molecular weight is 252 g/mol. The lowest BCUT2D eigenvalue weighted by Gasteiger charge is -2.16. The third-order valence-electron chi connectivity index (χ3n) is 1.88.